The molecule has 4 aromatic rings. The summed E-state index contributed by atoms with van der Waals surface area (Å²) in [5, 5.41) is 9.40. The summed E-state index contributed by atoms with van der Waals surface area (Å²) in [6.07, 6.45) is 1.69. The fourth-order valence-electron chi connectivity index (χ4n) is 3.49. The van der Waals surface area contributed by atoms with Crippen molar-refractivity contribution in [1.82, 2.24) is 14.7 Å². The zero-order chi connectivity index (χ0) is 21.5. The van der Waals surface area contributed by atoms with Gasteiger partial charge < -0.3 is 5.32 Å². The van der Waals surface area contributed by atoms with Gasteiger partial charge in [0.2, 0.25) is 0 Å². The minimum atomic E-state index is -0.382. The molecule has 0 spiro atoms. The third-order valence-electron chi connectivity index (χ3n) is 5.08. The number of amides is 3. The van der Waals surface area contributed by atoms with E-state index in [0.717, 1.165) is 15.5 Å². The molecule has 1 aliphatic heterocycles. The monoisotopic (exact) mass is 428 g/mol. The first-order chi connectivity index (χ1) is 15.0. The first-order valence-electron chi connectivity index (χ1n) is 9.49. The number of fused-ring (bicyclic) bond motifs is 1. The summed E-state index contributed by atoms with van der Waals surface area (Å²) in [5.41, 5.74) is 2.87. The molecule has 0 bridgehead atoms. The van der Waals surface area contributed by atoms with Crippen molar-refractivity contribution in [3.8, 4) is 16.3 Å². The van der Waals surface area contributed by atoms with Gasteiger partial charge in [-0.2, -0.15) is 5.10 Å². The molecule has 0 radical (unpaired) electrons. The molecule has 3 amide bonds. The highest BCUT2D eigenvalue weighted by molar-refractivity contribution is 7.13. The number of hydrogen-bond donors (Lipinski definition) is 1. The molecule has 2 aromatic carbocycles. The van der Waals surface area contributed by atoms with E-state index in [1.807, 2.05) is 47.8 Å². The Hall–Kier alpha value is -4.04. The van der Waals surface area contributed by atoms with Crippen molar-refractivity contribution in [2.75, 3.05) is 12.4 Å². The Labute approximate surface area is 181 Å². The number of rotatable bonds is 4. The number of para-hydroxylation sites is 1. The third-order valence-corrected chi connectivity index (χ3v) is 5.96. The molecule has 8 heteroatoms. The minimum absolute atomic E-state index is 0.281. The maximum atomic E-state index is 13.2. The molecule has 152 valence electrons. The number of benzene rings is 2. The van der Waals surface area contributed by atoms with Crippen molar-refractivity contribution in [2.45, 2.75) is 0 Å². The van der Waals surface area contributed by atoms with E-state index in [1.54, 1.807) is 23.0 Å². The number of nitrogens with one attached hydrogen (secondary N) is 1. The van der Waals surface area contributed by atoms with Gasteiger partial charge in [-0.15, -0.1) is 11.3 Å². The third kappa shape index (κ3) is 3.23. The smallest absolute Gasteiger partial charge is 0.261 e. The van der Waals surface area contributed by atoms with Crippen molar-refractivity contribution in [1.29, 1.82) is 0 Å². The van der Waals surface area contributed by atoms with Gasteiger partial charge in [-0.05, 0) is 41.8 Å². The van der Waals surface area contributed by atoms with Gasteiger partial charge >= 0.3 is 0 Å². The van der Waals surface area contributed by atoms with Crippen LogP contribution in [0.4, 0.5) is 5.69 Å². The first kappa shape index (κ1) is 19.0. The van der Waals surface area contributed by atoms with Crippen molar-refractivity contribution in [3.05, 3.63) is 88.9 Å². The number of imide groups is 1. The lowest BCUT2D eigenvalue weighted by atomic mass is 10.1. The molecule has 3 heterocycles. The van der Waals surface area contributed by atoms with Crippen LogP contribution in [-0.2, 0) is 0 Å². The lowest BCUT2D eigenvalue weighted by Gasteiger charge is -2.06. The van der Waals surface area contributed by atoms with Crippen LogP contribution < -0.4 is 5.32 Å². The summed E-state index contributed by atoms with van der Waals surface area (Å²) in [6.45, 7) is 0. The molecule has 0 saturated carbocycles. The maximum Gasteiger partial charge on any atom is 0.261 e. The number of carbonyl (C=O) groups is 3. The zero-order valence-electron chi connectivity index (χ0n) is 16.4. The Morgan fingerprint density at radius 1 is 0.968 bits per heavy atom. The molecule has 2 aromatic heterocycles. The molecule has 1 aliphatic rings. The second-order valence-corrected chi connectivity index (χ2v) is 7.98. The Morgan fingerprint density at radius 2 is 1.74 bits per heavy atom. The zero-order valence-corrected chi connectivity index (χ0v) is 17.2. The highest BCUT2D eigenvalue weighted by Crippen LogP contribution is 2.29. The Kier molecular flexibility index (Phi) is 4.48. The van der Waals surface area contributed by atoms with Crippen LogP contribution in [0.3, 0.4) is 0 Å². The molecule has 0 unspecified atom stereocenters. The van der Waals surface area contributed by atoms with Gasteiger partial charge in [-0.3, -0.25) is 19.3 Å². The van der Waals surface area contributed by atoms with Crippen molar-refractivity contribution >= 4 is 34.7 Å². The van der Waals surface area contributed by atoms with Gasteiger partial charge in [0.25, 0.3) is 17.7 Å². The lowest BCUT2D eigenvalue weighted by Crippen LogP contribution is -2.24. The van der Waals surface area contributed by atoms with Gasteiger partial charge in [-0.1, -0.05) is 24.3 Å². The molecule has 0 fully saturated rings. The fourth-order valence-corrected chi connectivity index (χ4v) is 4.21. The van der Waals surface area contributed by atoms with Gasteiger partial charge in [0.05, 0.1) is 27.3 Å². The van der Waals surface area contributed by atoms with Crippen LogP contribution in [0.5, 0.6) is 0 Å². The van der Waals surface area contributed by atoms with Crippen LogP contribution in [0.15, 0.2) is 72.2 Å². The largest absolute Gasteiger partial charge is 0.322 e. The summed E-state index contributed by atoms with van der Waals surface area (Å²) >= 11 is 1.50. The summed E-state index contributed by atoms with van der Waals surface area (Å²) in [6, 6.07) is 18.1. The molecule has 5 rings (SSSR count). The SMILES string of the molecule is CN1C(=O)c2ccc(NC(=O)c3cn(-c4ccccc4)nc3-c3cccs3)cc2C1=O. The molecule has 0 saturated heterocycles. The number of anilines is 1. The summed E-state index contributed by atoms with van der Waals surface area (Å²) in [4.78, 5) is 39.4. The molecular formula is C23H16N4O3S. The molecular weight excluding hydrogens is 412 g/mol. The Bertz CT molecular complexity index is 1330. The maximum absolute atomic E-state index is 13.2. The van der Waals surface area contributed by atoms with E-state index < -0.39 is 0 Å². The van der Waals surface area contributed by atoms with E-state index in [4.69, 9.17) is 0 Å². The van der Waals surface area contributed by atoms with E-state index >= 15 is 0 Å². The Balaban J connectivity index is 1.51. The van der Waals surface area contributed by atoms with Crippen LogP contribution in [0.1, 0.15) is 31.1 Å². The average molecular weight is 428 g/mol. The van der Waals surface area contributed by atoms with Crippen LogP contribution in [0, 0.1) is 0 Å². The van der Waals surface area contributed by atoms with E-state index in [0.29, 0.717) is 22.5 Å². The van der Waals surface area contributed by atoms with E-state index in [-0.39, 0.29) is 23.3 Å². The second kappa shape index (κ2) is 7.33. The summed E-state index contributed by atoms with van der Waals surface area (Å²) in [7, 11) is 1.44. The van der Waals surface area contributed by atoms with Gasteiger partial charge in [0.1, 0.15) is 5.69 Å². The highest BCUT2D eigenvalue weighted by Gasteiger charge is 2.33. The lowest BCUT2D eigenvalue weighted by molar-refractivity contribution is 0.0692. The molecule has 1 N–H and O–H groups in total. The normalized spacial score (nSPS) is 12.9. The molecule has 31 heavy (non-hydrogen) atoms. The van der Waals surface area contributed by atoms with Crippen molar-refractivity contribution < 1.29 is 14.4 Å². The predicted octanol–water partition coefficient (Wildman–Crippen LogP) is 4.08. The van der Waals surface area contributed by atoms with Crippen molar-refractivity contribution in [3.63, 3.8) is 0 Å². The van der Waals surface area contributed by atoms with E-state index in [1.165, 1.54) is 24.5 Å². The molecule has 7 nitrogen and oxygen atoms in total. The van der Waals surface area contributed by atoms with Crippen LogP contribution in [-0.4, -0.2) is 39.4 Å². The first-order valence-corrected chi connectivity index (χ1v) is 10.4. The van der Waals surface area contributed by atoms with Gasteiger partial charge in [0.15, 0.2) is 0 Å². The summed E-state index contributed by atoms with van der Waals surface area (Å²) in [5.74, 6) is -1.08. The number of nitrogens with zero attached hydrogens (tertiary/aromatic N) is 3. The standard InChI is InChI=1S/C23H16N4O3S/c1-26-22(29)16-10-9-14(12-17(16)23(26)30)24-21(28)18-13-27(15-6-3-2-4-7-15)25-20(18)19-8-5-11-31-19/h2-13H,1H3,(H,24,28). The van der Waals surface area contributed by atoms with Crippen molar-refractivity contribution in [2.24, 2.45) is 0 Å². The fraction of sp³-hybridized carbons (Fsp3) is 0.0435. The van der Waals surface area contributed by atoms with Gasteiger partial charge in [0, 0.05) is 18.9 Å². The number of thiophene rings is 1. The molecule has 0 atom stereocenters. The van der Waals surface area contributed by atoms with Crippen LogP contribution in [0.2, 0.25) is 0 Å². The number of hydrogen-bond acceptors (Lipinski definition) is 5. The second-order valence-electron chi connectivity index (χ2n) is 7.03. The number of aromatic nitrogens is 2. The van der Waals surface area contributed by atoms with Crippen LogP contribution in [0.25, 0.3) is 16.3 Å². The summed E-state index contributed by atoms with van der Waals surface area (Å²) < 4.78 is 1.67. The average Bonchev–Trinajstić information content (AvgIpc) is 3.51. The number of carbonyl (C=O) groups excluding carboxylic acids is 3. The predicted molar refractivity (Wildman–Crippen MR) is 118 cm³/mol. The topological polar surface area (TPSA) is 84.3 Å². The quantitative estimate of drug-likeness (QED) is 0.497. The van der Waals surface area contributed by atoms with Gasteiger partial charge in [-0.25, -0.2) is 4.68 Å². The van der Waals surface area contributed by atoms with Crippen LogP contribution >= 0.6 is 11.3 Å². The highest BCUT2D eigenvalue weighted by atomic mass is 32.1. The minimum Gasteiger partial charge on any atom is -0.322 e. The molecule has 0 aliphatic carbocycles. The van der Waals surface area contributed by atoms with E-state index in [2.05, 4.69) is 10.4 Å². The Morgan fingerprint density at radius 3 is 2.48 bits per heavy atom. The van der Waals surface area contributed by atoms with E-state index in [9.17, 15) is 14.4 Å².